The molecule has 14 heteroatoms. The van der Waals surface area contributed by atoms with E-state index in [1.165, 1.54) is 35.4 Å². The summed E-state index contributed by atoms with van der Waals surface area (Å²) in [6, 6.07) is 15.8. The largest absolute Gasteiger partial charge is 0.493 e. The Bertz CT molecular complexity index is 1770. The number of esters is 1. The number of hydrogen-bond acceptors (Lipinski definition) is 10. The standard InChI is InChI=1S/C24H38N2O4.2C7H8O3S/c1-14(2)9-17-13-26-8-7-16-10-21(28-5)22(29-6)11-18(16)19(26)12-20(17)30-24(27)23(25)15(3)4;2*1-6-2-4-7(5-3-6)11(8,9)10/h10-11,14-15,17,19-20,23H,7-9,12-13,25H2,1-6H3;2*2-5H,1H3,(H,8,9,10)/t17-,19-,20-,23?;;/m1../s1. The first-order valence-corrected chi connectivity index (χ1v) is 20.2. The maximum Gasteiger partial charge on any atom is 0.323 e. The molecule has 3 aromatic rings. The fourth-order valence-electron chi connectivity index (χ4n) is 6.30. The fourth-order valence-corrected chi connectivity index (χ4v) is 7.26. The number of ether oxygens (including phenoxy) is 3. The average molecular weight is 763 g/mol. The van der Waals surface area contributed by atoms with Crippen LogP contribution in [0, 0.1) is 31.6 Å². The molecule has 5 rings (SSSR count). The smallest absolute Gasteiger partial charge is 0.323 e. The summed E-state index contributed by atoms with van der Waals surface area (Å²) in [6.45, 7) is 14.0. The van der Waals surface area contributed by atoms with E-state index in [1.807, 2.05) is 27.7 Å². The van der Waals surface area contributed by atoms with Gasteiger partial charge in [0.1, 0.15) is 12.1 Å². The third-order valence-corrected chi connectivity index (χ3v) is 11.0. The second-order valence-corrected chi connectivity index (χ2v) is 17.0. The Morgan fingerprint density at radius 1 is 0.846 bits per heavy atom. The van der Waals surface area contributed by atoms with Crippen molar-refractivity contribution in [2.75, 3.05) is 27.3 Å². The van der Waals surface area contributed by atoms with E-state index in [4.69, 9.17) is 29.0 Å². The summed E-state index contributed by atoms with van der Waals surface area (Å²) in [5, 5.41) is 0. The number of rotatable bonds is 9. The Labute approximate surface area is 309 Å². The van der Waals surface area contributed by atoms with Crippen LogP contribution in [0.1, 0.15) is 68.8 Å². The van der Waals surface area contributed by atoms with Crippen molar-refractivity contribution in [3.8, 4) is 11.5 Å². The number of nitrogens with two attached hydrogens (primary N) is 1. The van der Waals surface area contributed by atoms with Gasteiger partial charge in [0, 0.05) is 31.5 Å². The monoisotopic (exact) mass is 762 g/mol. The lowest BCUT2D eigenvalue weighted by molar-refractivity contribution is -0.160. The number of nitrogens with zero attached hydrogens (tertiary/aromatic N) is 1. The average Bonchev–Trinajstić information content (AvgIpc) is 3.07. The number of hydrogen-bond donors (Lipinski definition) is 3. The molecule has 0 aliphatic carbocycles. The molecule has 3 aromatic carbocycles. The fraction of sp³-hybridized carbons (Fsp3) is 0.500. The molecule has 1 saturated heterocycles. The van der Waals surface area contributed by atoms with E-state index >= 15 is 0 Å². The van der Waals surface area contributed by atoms with Gasteiger partial charge in [0.2, 0.25) is 0 Å². The molecule has 1 unspecified atom stereocenters. The molecule has 4 atom stereocenters. The molecule has 0 radical (unpaired) electrons. The molecule has 0 spiro atoms. The van der Waals surface area contributed by atoms with Crippen LogP contribution in [0.25, 0.3) is 0 Å². The summed E-state index contributed by atoms with van der Waals surface area (Å²) in [5.74, 6) is 2.18. The second-order valence-electron chi connectivity index (χ2n) is 14.1. The lowest BCUT2D eigenvalue weighted by Crippen LogP contribution is -2.51. The molecule has 12 nitrogen and oxygen atoms in total. The third-order valence-electron chi connectivity index (χ3n) is 9.23. The zero-order valence-electron chi connectivity index (χ0n) is 31.3. The second kappa shape index (κ2) is 18.5. The number of fused-ring (bicyclic) bond motifs is 3. The van der Waals surface area contributed by atoms with Crippen LogP contribution in [-0.4, -0.2) is 76.3 Å². The summed E-state index contributed by atoms with van der Waals surface area (Å²) in [5.41, 5.74) is 10.6. The van der Waals surface area contributed by atoms with E-state index in [0.717, 1.165) is 55.0 Å². The molecule has 2 aliphatic rings. The zero-order chi connectivity index (χ0) is 39.0. The quantitative estimate of drug-likeness (QED) is 0.170. The molecule has 0 bridgehead atoms. The van der Waals surface area contributed by atoms with Crippen molar-refractivity contribution >= 4 is 26.2 Å². The number of aryl methyl sites for hydroxylation is 2. The van der Waals surface area contributed by atoms with E-state index in [-0.39, 0.29) is 33.8 Å². The maximum absolute atomic E-state index is 12.7. The Kier molecular flexibility index (Phi) is 15.2. The predicted octanol–water partition coefficient (Wildman–Crippen LogP) is 6.05. The summed E-state index contributed by atoms with van der Waals surface area (Å²) in [6.07, 6.45) is 2.70. The molecule has 0 saturated carbocycles. The van der Waals surface area contributed by atoms with Crippen LogP contribution in [0.5, 0.6) is 11.5 Å². The van der Waals surface area contributed by atoms with E-state index in [1.54, 1.807) is 38.5 Å². The third kappa shape index (κ3) is 12.0. The predicted molar refractivity (Wildman–Crippen MR) is 200 cm³/mol. The Hall–Kier alpha value is -3.53. The first kappa shape index (κ1) is 42.9. The molecule has 0 amide bonds. The van der Waals surface area contributed by atoms with Crippen molar-refractivity contribution in [1.29, 1.82) is 0 Å². The summed E-state index contributed by atoms with van der Waals surface area (Å²) in [4.78, 5) is 15.1. The van der Waals surface area contributed by atoms with Crippen LogP contribution in [0.15, 0.2) is 70.5 Å². The number of benzene rings is 3. The van der Waals surface area contributed by atoms with Gasteiger partial charge in [-0.3, -0.25) is 18.8 Å². The molecular weight excluding hydrogens is 709 g/mol. The Morgan fingerprint density at radius 2 is 1.33 bits per heavy atom. The number of piperidine rings is 1. The molecule has 2 aliphatic heterocycles. The Morgan fingerprint density at radius 3 is 1.75 bits per heavy atom. The minimum Gasteiger partial charge on any atom is -0.493 e. The molecule has 52 heavy (non-hydrogen) atoms. The van der Waals surface area contributed by atoms with Gasteiger partial charge in [-0.15, -0.1) is 0 Å². The lowest BCUT2D eigenvalue weighted by Gasteiger charge is -2.47. The normalized spacial score (nSPS) is 19.2. The highest BCUT2D eigenvalue weighted by atomic mass is 32.2. The van der Waals surface area contributed by atoms with Crippen molar-refractivity contribution < 1.29 is 44.9 Å². The van der Waals surface area contributed by atoms with Gasteiger partial charge in [-0.2, -0.15) is 16.8 Å². The highest BCUT2D eigenvalue weighted by molar-refractivity contribution is 7.86. The SMILES string of the molecule is COc1cc2c(cc1OC)[C@H]1C[C@@H](OC(=O)C(N)C(C)C)[C@H](CC(C)C)CN1CC2.Cc1ccc(S(=O)(=O)O)cc1.Cc1ccc(S(=O)(=O)O)cc1. The molecule has 1 fully saturated rings. The minimum absolute atomic E-state index is 0.0632. The van der Waals surface area contributed by atoms with Gasteiger partial charge in [-0.05, 0) is 86.1 Å². The van der Waals surface area contributed by atoms with E-state index < -0.39 is 26.3 Å². The topological polar surface area (TPSA) is 183 Å². The van der Waals surface area contributed by atoms with Crippen LogP contribution >= 0.6 is 0 Å². The van der Waals surface area contributed by atoms with Crippen molar-refractivity contribution in [3.05, 3.63) is 82.9 Å². The maximum atomic E-state index is 12.7. The number of carbonyl (C=O) groups excluding carboxylic acids is 1. The highest BCUT2D eigenvalue weighted by Gasteiger charge is 2.41. The number of carbonyl (C=O) groups is 1. The van der Waals surface area contributed by atoms with Crippen LogP contribution in [0.4, 0.5) is 0 Å². The summed E-state index contributed by atoms with van der Waals surface area (Å²) in [7, 11) is -4.70. The van der Waals surface area contributed by atoms with Gasteiger partial charge in [0.05, 0.1) is 24.0 Å². The van der Waals surface area contributed by atoms with Crippen molar-refractivity contribution in [2.45, 2.75) is 88.8 Å². The van der Waals surface area contributed by atoms with E-state index in [0.29, 0.717) is 11.8 Å². The molecule has 0 aromatic heterocycles. The van der Waals surface area contributed by atoms with Gasteiger partial charge >= 0.3 is 5.97 Å². The van der Waals surface area contributed by atoms with Gasteiger partial charge in [0.15, 0.2) is 11.5 Å². The van der Waals surface area contributed by atoms with Gasteiger partial charge in [-0.25, -0.2) is 0 Å². The zero-order valence-corrected chi connectivity index (χ0v) is 32.9. The van der Waals surface area contributed by atoms with Crippen LogP contribution < -0.4 is 15.2 Å². The highest BCUT2D eigenvalue weighted by Crippen LogP contribution is 2.44. The Balaban J connectivity index is 0.000000269. The van der Waals surface area contributed by atoms with Crippen molar-refractivity contribution in [2.24, 2.45) is 23.5 Å². The first-order chi connectivity index (χ1) is 24.2. The first-order valence-electron chi connectivity index (χ1n) is 17.3. The van der Waals surface area contributed by atoms with E-state index in [2.05, 4.69) is 30.9 Å². The number of methoxy groups -OCH3 is 2. The molecular formula is C38H54N2O10S2. The minimum atomic E-state index is -4.02. The molecule has 2 heterocycles. The van der Waals surface area contributed by atoms with Crippen molar-refractivity contribution in [1.82, 2.24) is 4.90 Å². The van der Waals surface area contributed by atoms with Gasteiger partial charge < -0.3 is 19.9 Å². The summed E-state index contributed by atoms with van der Waals surface area (Å²) < 4.78 is 76.2. The van der Waals surface area contributed by atoms with Crippen molar-refractivity contribution in [3.63, 3.8) is 0 Å². The van der Waals surface area contributed by atoms with Crippen LogP contribution in [-0.2, 0) is 36.2 Å². The van der Waals surface area contributed by atoms with Crippen LogP contribution in [0.2, 0.25) is 0 Å². The lowest BCUT2D eigenvalue weighted by atomic mass is 9.79. The van der Waals surface area contributed by atoms with Gasteiger partial charge in [0.25, 0.3) is 20.2 Å². The van der Waals surface area contributed by atoms with Crippen LogP contribution in [0.3, 0.4) is 0 Å². The van der Waals surface area contributed by atoms with E-state index in [9.17, 15) is 21.6 Å². The molecule has 288 valence electrons. The summed E-state index contributed by atoms with van der Waals surface area (Å²) >= 11 is 0. The molecule has 4 N–H and O–H groups in total. The van der Waals surface area contributed by atoms with Gasteiger partial charge in [-0.1, -0.05) is 63.1 Å².